The van der Waals surface area contributed by atoms with Crippen molar-refractivity contribution in [2.45, 2.75) is 6.92 Å². The Morgan fingerprint density at radius 2 is 1.91 bits per heavy atom. The highest BCUT2D eigenvalue weighted by Crippen LogP contribution is 2.38. The Labute approximate surface area is 132 Å². The molecule has 0 aliphatic carbocycles. The lowest BCUT2D eigenvalue weighted by molar-refractivity contribution is -0.128. The lowest BCUT2D eigenvalue weighted by Crippen LogP contribution is -2.09. The molecule has 0 atom stereocenters. The molecule has 0 spiro atoms. The van der Waals surface area contributed by atoms with E-state index in [1.165, 1.54) is 7.11 Å². The van der Waals surface area contributed by atoms with Crippen LogP contribution in [0.5, 0.6) is 11.5 Å². The highest BCUT2D eigenvalue weighted by Gasteiger charge is 2.16. The third-order valence-corrected chi connectivity index (χ3v) is 3.16. The molecule has 0 unspecified atom stereocenters. The number of benzene rings is 2. The Kier molecular flexibility index (Phi) is 4.68. The average molecular weight is 321 g/mol. The Balaban J connectivity index is 2.66. The van der Waals surface area contributed by atoms with Gasteiger partial charge in [-0.25, -0.2) is 9.59 Å². The fraction of sp³-hybridized carbons (Fsp3) is 0.125. The number of hydrogen-bond acceptors (Lipinski definition) is 5. The van der Waals surface area contributed by atoms with Gasteiger partial charge in [0.2, 0.25) is 0 Å². The average Bonchev–Trinajstić information content (AvgIpc) is 2.50. The number of methoxy groups -OCH3 is 1. The van der Waals surface area contributed by atoms with Crippen LogP contribution in [-0.2, 0) is 9.53 Å². The normalized spacial score (nSPS) is 10.1. The van der Waals surface area contributed by atoms with E-state index in [1.807, 2.05) is 0 Å². The molecule has 0 aliphatic rings. The van der Waals surface area contributed by atoms with Crippen molar-refractivity contribution >= 4 is 34.5 Å². The van der Waals surface area contributed by atoms with Gasteiger partial charge in [0.25, 0.3) is 0 Å². The molecular formula is C16H13ClO5. The molecule has 114 valence electrons. The highest BCUT2D eigenvalue weighted by molar-refractivity contribution is 6.31. The van der Waals surface area contributed by atoms with Crippen LogP contribution in [0.2, 0.25) is 5.02 Å². The molecule has 2 aromatic rings. The molecule has 2 aromatic carbocycles. The Hall–Kier alpha value is -2.53. The van der Waals surface area contributed by atoms with Crippen molar-refractivity contribution in [2.75, 3.05) is 7.11 Å². The van der Waals surface area contributed by atoms with Gasteiger partial charge in [-0.1, -0.05) is 18.2 Å². The third kappa shape index (κ3) is 3.20. The molecule has 0 fully saturated rings. The molecule has 5 nitrogen and oxygen atoms in total. The van der Waals surface area contributed by atoms with Gasteiger partial charge in [-0.05, 0) is 36.8 Å². The van der Waals surface area contributed by atoms with E-state index in [-0.39, 0.29) is 5.75 Å². The van der Waals surface area contributed by atoms with Crippen LogP contribution in [0.3, 0.4) is 0 Å². The van der Waals surface area contributed by atoms with E-state index in [0.29, 0.717) is 27.1 Å². The summed E-state index contributed by atoms with van der Waals surface area (Å²) in [5, 5.41) is 1.56. The fourth-order valence-electron chi connectivity index (χ4n) is 1.96. The first kappa shape index (κ1) is 15.9. The number of rotatable bonds is 3. The van der Waals surface area contributed by atoms with Crippen molar-refractivity contribution in [2.24, 2.45) is 0 Å². The molecule has 0 radical (unpaired) electrons. The number of aryl methyl sites for hydroxylation is 1. The van der Waals surface area contributed by atoms with Gasteiger partial charge in [0, 0.05) is 21.9 Å². The maximum absolute atomic E-state index is 11.5. The van der Waals surface area contributed by atoms with Crippen LogP contribution in [0, 0.1) is 6.92 Å². The molecule has 0 saturated carbocycles. The molecule has 0 aromatic heterocycles. The van der Waals surface area contributed by atoms with Gasteiger partial charge in [0.1, 0.15) is 11.5 Å². The van der Waals surface area contributed by atoms with Gasteiger partial charge in [0.15, 0.2) is 0 Å². The van der Waals surface area contributed by atoms with Gasteiger partial charge in [-0.15, -0.1) is 0 Å². The van der Waals surface area contributed by atoms with Gasteiger partial charge in [-0.2, -0.15) is 0 Å². The SMILES string of the molecule is C=CC(=O)Oc1c(C)cc(OC(=O)OC)c2cc(Cl)ccc12. The predicted molar refractivity (Wildman–Crippen MR) is 82.6 cm³/mol. The number of esters is 1. The summed E-state index contributed by atoms with van der Waals surface area (Å²) < 4.78 is 14.9. The zero-order valence-electron chi connectivity index (χ0n) is 12.0. The van der Waals surface area contributed by atoms with Crippen molar-refractivity contribution in [3.63, 3.8) is 0 Å². The summed E-state index contributed by atoms with van der Waals surface area (Å²) in [5.41, 5.74) is 0.615. The molecule has 0 saturated heterocycles. The van der Waals surface area contributed by atoms with Crippen molar-refractivity contribution in [1.82, 2.24) is 0 Å². The van der Waals surface area contributed by atoms with E-state index in [2.05, 4.69) is 11.3 Å². The summed E-state index contributed by atoms with van der Waals surface area (Å²) in [5.74, 6) is 0.0371. The number of carbonyl (C=O) groups excluding carboxylic acids is 2. The number of carbonyl (C=O) groups is 2. The van der Waals surface area contributed by atoms with Crippen molar-refractivity contribution in [3.05, 3.63) is 47.5 Å². The van der Waals surface area contributed by atoms with Gasteiger partial charge >= 0.3 is 12.1 Å². The number of fused-ring (bicyclic) bond motifs is 1. The zero-order valence-corrected chi connectivity index (χ0v) is 12.8. The third-order valence-electron chi connectivity index (χ3n) is 2.93. The van der Waals surface area contributed by atoms with Crippen molar-refractivity contribution < 1.29 is 23.8 Å². The first-order valence-electron chi connectivity index (χ1n) is 6.29. The van der Waals surface area contributed by atoms with Crippen LogP contribution >= 0.6 is 11.6 Å². The molecule has 0 amide bonds. The number of halogens is 1. The highest BCUT2D eigenvalue weighted by atomic mass is 35.5. The van der Waals surface area contributed by atoms with Crippen molar-refractivity contribution in [3.8, 4) is 11.5 Å². The first-order valence-corrected chi connectivity index (χ1v) is 6.67. The summed E-state index contributed by atoms with van der Waals surface area (Å²) in [6.45, 7) is 5.09. The Morgan fingerprint density at radius 1 is 1.18 bits per heavy atom. The molecule has 0 heterocycles. The molecule has 22 heavy (non-hydrogen) atoms. The summed E-state index contributed by atoms with van der Waals surface area (Å²) >= 11 is 5.99. The predicted octanol–water partition coefficient (Wildman–Crippen LogP) is 4.04. The minimum Gasteiger partial charge on any atom is -0.437 e. The number of ether oxygens (including phenoxy) is 3. The summed E-state index contributed by atoms with van der Waals surface area (Å²) in [7, 11) is 1.21. The standard InChI is InChI=1S/C16H13ClO5/c1-4-14(18)22-15-9(2)7-13(21-16(19)20-3)12-8-10(17)5-6-11(12)15/h4-8H,1H2,2-3H3. The maximum atomic E-state index is 11.5. The van der Waals surface area contributed by atoms with Gasteiger partial charge in [0.05, 0.1) is 7.11 Å². The van der Waals surface area contributed by atoms with E-state index >= 15 is 0 Å². The van der Waals surface area contributed by atoms with Crippen molar-refractivity contribution in [1.29, 1.82) is 0 Å². The first-order chi connectivity index (χ1) is 10.5. The van der Waals surface area contributed by atoms with Crippen LogP contribution in [0.1, 0.15) is 5.56 Å². The van der Waals surface area contributed by atoms with E-state index < -0.39 is 12.1 Å². The molecule has 0 bridgehead atoms. The Morgan fingerprint density at radius 3 is 2.55 bits per heavy atom. The second-order valence-corrected chi connectivity index (χ2v) is 4.83. The quantitative estimate of drug-likeness (QED) is 0.370. The van der Waals surface area contributed by atoms with Crippen LogP contribution in [0.4, 0.5) is 4.79 Å². The molecule has 0 aliphatic heterocycles. The molecule has 6 heteroatoms. The second kappa shape index (κ2) is 6.49. The molecule has 0 N–H and O–H groups in total. The second-order valence-electron chi connectivity index (χ2n) is 4.39. The summed E-state index contributed by atoms with van der Waals surface area (Å²) in [6.07, 6.45) is 0.219. The minimum absolute atomic E-state index is 0.264. The van der Waals surface area contributed by atoms with E-state index in [1.54, 1.807) is 31.2 Å². The smallest absolute Gasteiger partial charge is 0.437 e. The lowest BCUT2D eigenvalue weighted by Gasteiger charge is -2.13. The Bertz CT molecular complexity index is 767. The van der Waals surface area contributed by atoms with Gasteiger partial charge < -0.3 is 14.2 Å². The topological polar surface area (TPSA) is 61.8 Å². The maximum Gasteiger partial charge on any atom is 0.513 e. The monoisotopic (exact) mass is 320 g/mol. The summed E-state index contributed by atoms with van der Waals surface area (Å²) in [6, 6.07) is 6.51. The van der Waals surface area contributed by atoms with E-state index in [9.17, 15) is 9.59 Å². The molecule has 2 rings (SSSR count). The fourth-order valence-corrected chi connectivity index (χ4v) is 2.14. The lowest BCUT2D eigenvalue weighted by atomic mass is 10.0. The van der Waals surface area contributed by atoms with Crippen LogP contribution in [0.15, 0.2) is 36.9 Å². The van der Waals surface area contributed by atoms with Crippen LogP contribution < -0.4 is 9.47 Å². The largest absolute Gasteiger partial charge is 0.513 e. The number of hydrogen-bond donors (Lipinski definition) is 0. The van der Waals surface area contributed by atoms with E-state index in [4.69, 9.17) is 21.1 Å². The zero-order chi connectivity index (χ0) is 16.3. The minimum atomic E-state index is -0.850. The molecular weight excluding hydrogens is 308 g/mol. The van der Waals surface area contributed by atoms with Crippen LogP contribution in [0.25, 0.3) is 10.8 Å². The van der Waals surface area contributed by atoms with E-state index in [0.717, 1.165) is 6.08 Å². The van der Waals surface area contributed by atoms with Crippen LogP contribution in [-0.4, -0.2) is 19.2 Å². The van der Waals surface area contributed by atoms with Gasteiger partial charge in [-0.3, -0.25) is 0 Å². The summed E-state index contributed by atoms with van der Waals surface area (Å²) in [4.78, 5) is 22.8.